The molecule has 1 N–H and O–H groups in total. The third kappa shape index (κ3) is 6.45. The molecule has 1 aromatic carbocycles. The Morgan fingerprint density at radius 1 is 1.21 bits per heavy atom. The molecule has 1 heterocycles. The number of rotatable bonds is 7. The summed E-state index contributed by atoms with van der Waals surface area (Å²) in [5.74, 6) is -3.83. The van der Waals surface area contributed by atoms with Crippen molar-refractivity contribution in [2.45, 2.75) is 70.6 Å². The predicted molar refractivity (Wildman–Crippen MR) is 114 cm³/mol. The van der Waals surface area contributed by atoms with Gasteiger partial charge < -0.3 is 19.5 Å². The van der Waals surface area contributed by atoms with Crippen molar-refractivity contribution in [1.82, 2.24) is 10.2 Å². The van der Waals surface area contributed by atoms with E-state index in [2.05, 4.69) is 5.32 Å². The Bertz CT molecular complexity index is 880. The topological polar surface area (TPSA) is 77.1 Å². The Balaban J connectivity index is 1.59. The van der Waals surface area contributed by atoms with Crippen LogP contribution in [0.3, 0.4) is 0 Å². The van der Waals surface area contributed by atoms with Crippen LogP contribution in [0.1, 0.15) is 52.0 Å². The van der Waals surface area contributed by atoms with Gasteiger partial charge in [-0.3, -0.25) is 9.69 Å². The summed E-state index contributed by atoms with van der Waals surface area (Å²) < 4.78 is 56.5. The number of methoxy groups -OCH3 is 1. The van der Waals surface area contributed by atoms with E-state index in [1.165, 1.54) is 24.1 Å². The van der Waals surface area contributed by atoms with E-state index in [0.717, 1.165) is 0 Å². The molecule has 184 valence electrons. The van der Waals surface area contributed by atoms with Crippen molar-refractivity contribution < 1.29 is 37.0 Å². The van der Waals surface area contributed by atoms with Gasteiger partial charge in [-0.25, -0.2) is 18.0 Å². The zero-order valence-corrected chi connectivity index (χ0v) is 19.4. The number of amides is 2. The maximum atomic E-state index is 14.5. The minimum atomic E-state index is -2.66. The Hall–Kier alpha value is -2.65. The highest BCUT2D eigenvalue weighted by molar-refractivity contribution is 5.86. The Morgan fingerprint density at radius 3 is 2.52 bits per heavy atom. The van der Waals surface area contributed by atoms with Crippen molar-refractivity contribution in [3.8, 4) is 11.5 Å². The molecule has 3 rings (SSSR count). The summed E-state index contributed by atoms with van der Waals surface area (Å²) in [6.07, 6.45) is 0.0986. The number of nitrogens with zero attached hydrogens (tertiary/aromatic N) is 1. The number of hydrogen-bond donors (Lipinski definition) is 1. The normalized spacial score (nSPS) is 20.2. The van der Waals surface area contributed by atoms with Gasteiger partial charge in [0, 0.05) is 43.5 Å². The number of carbonyl (C=O) groups excluding carboxylic acids is 2. The largest absolute Gasteiger partial charge is 0.496 e. The first kappa shape index (κ1) is 25.0. The van der Waals surface area contributed by atoms with Gasteiger partial charge in [0.05, 0.1) is 13.7 Å². The van der Waals surface area contributed by atoms with Crippen LogP contribution in [-0.4, -0.2) is 54.7 Å². The molecule has 33 heavy (non-hydrogen) atoms. The van der Waals surface area contributed by atoms with Crippen LogP contribution in [0.15, 0.2) is 12.1 Å². The van der Waals surface area contributed by atoms with Crippen LogP contribution >= 0.6 is 0 Å². The highest BCUT2D eigenvalue weighted by atomic mass is 19.3. The SMILES string of the molecule is COc1cc(OCC2CC(F)(F)C2)c(F)cc1CNC(=O)C1CCCN1C(=O)OC(C)(C)C. The molecule has 1 aliphatic heterocycles. The van der Waals surface area contributed by atoms with Crippen LogP contribution in [0.4, 0.5) is 18.0 Å². The second-order valence-electron chi connectivity index (χ2n) is 9.59. The van der Waals surface area contributed by atoms with Gasteiger partial charge in [0.1, 0.15) is 17.4 Å². The van der Waals surface area contributed by atoms with E-state index >= 15 is 0 Å². The van der Waals surface area contributed by atoms with Crippen molar-refractivity contribution in [1.29, 1.82) is 0 Å². The van der Waals surface area contributed by atoms with E-state index in [-0.39, 0.29) is 43.6 Å². The minimum absolute atomic E-state index is 0.00602. The summed E-state index contributed by atoms with van der Waals surface area (Å²) in [6, 6.07) is 1.86. The standard InChI is InChI=1S/C23H31F3N2O5/c1-22(2,3)33-21(30)28-7-5-6-17(28)20(29)27-12-15-8-16(24)19(9-18(15)31-4)32-13-14-10-23(25,26)11-14/h8-9,14,17H,5-7,10-13H2,1-4H3,(H,27,29). The molecular formula is C23H31F3N2O5. The molecule has 1 aromatic rings. The van der Waals surface area contributed by atoms with E-state index in [9.17, 15) is 22.8 Å². The molecule has 1 saturated heterocycles. The highest BCUT2D eigenvalue weighted by Gasteiger charge is 2.45. The lowest BCUT2D eigenvalue weighted by Crippen LogP contribution is -2.47. The zero-order chi connectivity index (χ0) is 24.4. The fraction of sp³-hybridized carbons (Fsp3) is 0.652. The maximum Gasteiger partial charge on any atom is 0.410 e. The Kier molecular flexibility index (Phi) is 7.33. The van der Waals surface area contributed by atoms with Crippen molar-refractivity contribution >= 4 is 12.0 Å². The first-order chi connectivity index (χ1) is 15.4. The van der Waals surface area contributed by atoms with E-state index in [4.69, 9.17) is 14.2 Å². The van der Waals surface area contributed by atoms with Gasteiger partial charge in [-0.15, -0.1) is 0 Å². The maximum absolute atomic E-state index is 14.5. The molecule has 0 radical (unpaired) electrons. The van der Waals surface area contributed by atoms with Crippen LogP contribution in [0.25, 0.3) is 0 Å². The number of carbonyl (C=O) groups is 2. The summed E-state index contributed by atoms with van der Waals surface area (Å²) in [6.45, 7) is 5.66. The number of likely N-dealkylation sites (tertiary alicyclic amines) is 1. The van der Waals surface area contributed by atoms with Crippen LogP contribution in [0.5, 0.6) is 11.5 Å². The molecule has 0 aromatic heterocycles. The minimum Gasteiger partial charge on any atom is -0.496 e. The summed E-state index contributed by atoms with van der Waals surface area (Å²) in [5.41, 5.74) is -0.290. The monoisotopic (exact) mass is 472 g/mol. The van der Waals surface area contributed by atoms with E-state index in [1.807, 2.05) is 0 Å². The molecule has 1 unspecified atom stereocenters. The average Bonchev–Trinajstić information content (AvgIpc) is 3.18. The number of benzene rings is 1. The Labute approximate surface area is 191 Å². The summed E-state index contributed by atoms with van der Waals surface area (Å²) in [5, 5.41) is 2.73. The highest BCUT2D eigenvalue weighted by Crippen LogP contribution is 2.42. The van der Waals surface area contributed by atoms with Crippen molar-refractivity contribution in [3.63, 3.8) is 0 Å². The van der Waals surface area contributed by atoms with Crippen molar-refractivity contribution in [2.75, 3.05) is 20.3 Å². The third-order valence-electron chi connectivity index (χ3n) is 5.62. The van der Waals surface area contributed by atoms with Gasteiger partial charge in [-0.1, -0.05) is 0 Å². The van der Waals surface area contributed by atoms with E-state index in [1.54, 1.807) is 20.8 Å². The lowest BCUT2D eigenvalue weighted by Gasteiger charge is -2.34. The van der Waals surface area contributed by atoms with Crippen molar-refractivity contribution in [3.05, 3.63) is 23.5 Å². The van der Waals surface area contributed by atoms with E-state index in [0.29, 0.717) is 30.7 Å². The van der Waals surface area contributed by atoms with Crippen LogP contribution in [0.2, 0.25) is 0 Å². The average molecular weight is 473 g/mol. The molecule has 10 heteroatoms. The number of ether oxygens (including phenoxy) is 3. The number of nitrogens with one attached hydrogen (secondary N) is 1. The number of halogens is 3. The van der Waals surface area contributed by atoms with Gasteiger partial charge in [-0.2, -0.15) is 0 Å². The van der Waals surface area contributed by atoms with Crippen LogP contribution < -0.4 is 14.8 Å². The van der Waals surface area contributed by atoms with Gasteiger partial charge in [0.25, 0.3) is 0 Å². The molecule has 1 saturated carbocycles. The first-order valence-corrected chi connectivity index (χ1v) is 11.0. The van der Waals surface area contributed by atoms with E-state index < -0.39 is 29.5 Å². The smallest absolute Gasteiger partial charge is 0.410 e. The lowest BCUT2D eigenvalue weighted by molar-refractivity contribution is -0.125. The predicted octanol–water partition coefficient (Wildman–Crippen LogP) is 4.27. The Morgan fingerprint density at radius 2 is 1.91 bits per heavy atom. The number of alkyl halides is 2. The first-order valence-electron chi connectivity index (χ1n) is 11.0. The van der Waals surface area contributed by atoms with Crippen molar-refractivity contribution in [2.24, 2.45) is 5.92 Å². The zero-order valence-electron chi connectivity index (χ0n) is 19.4. The second kappa shape index (κ2) is 9.69. The fourth-order valence-electron chi connectivity index (χ4n) is 4.00. The quantitative estimate of drug-likeness (QED) is 0.641. The second-order valence-corrected chi connectivity index (χ2v) is 9.59. The van der Waals surface area contributed by atoms with Gasteiger partial charge in [0.15, 0.2) is 11.6 Å². The molecular weight excluding hydrogens is 441 g/mol. The fourth-order valence-corrected chi connectivity index (χ4v) is 4.00. The van der Waals surface area contributed by atoms with Gasteiger partial charge in [0.2, 0.25) is 11.8 Å². The summed E-state index contributed by atoms with van der Waals surface area (Å²) in [4.78, 5) is 26.5. The van der Waals surface area contributed by atoms with Gasteiger partial charge in [-0.05, 0) is 39.7 Å². The summed E-state index contributed by atoms with van der Waals surface area (Å²) in [7, 11) is 1.40. The van der Waals surface area contributed by atoms with Crippen LogP contribution in [0, 0.1) is 11.7 Å². The molecule has 2 aliphatic rings. The number of hydrogen-bond acceptors (Lipinski definition) is 5. The van der Waals surface area contributed by atoms with Crippen LogP contribution in [-0.2, 0) is 16.1 Å². The lowest BCUT2D eigenvalue weighted by atomic mass is 9.82. The molecule has 2 fully saturated rings. The molecule has 0 bridgehead atoms. The van der Waals surface area contributed by atoms with Gasteiger partial charge >= 0.3 is 6.09 Å². The molecule has 1 aliphatic carbocycles. The summed E-state index contributed by atoms with van der Waals surface area (Å²) >= 11 is 0. The third-order valence-corrected chi connectivity index (χ3v) is 5.62. The molecule has 1 atom stereocenters. The molecule has 0 spiro atoms. The molecule has 2 amide bonds. The molecule has 7 nitrogen and oxygen atoms in total.